The highest BCUT2D eigenvalue weighted by atomic mass is 32.1. The summed E-state index contributed by atoms with van der Waals surface area (Å²) in [6.07, 6.45) is 0.843. The molecule has 4 nitrogen and oxygen atoms in total. The van der Waals surface area contributed by atoms with Gasteiger partial charge >= 0.3 is 0 Å². The first kappa shape index (κ1) is 12.9. The Kier molecular flexibility index (Phi) is 4.22. The van der Waals surface area contributed by atoms with Gasteiger partial charge in [-0.2, -0.15) is 0 Å². The summed E-state index contributed by atoms with van der Waals surface area (Å²) in [7, 11) is 0. The van der Waals surface area contributed by atoms with Crippen molar-refractivity contribution in [1.29, 1.82) is 0 Å². The Hall–Kier alpha value is -1.53. The molecule has 0 spiro atoms. The monoisotopic (exact) mass is 266 g/mol. The molecule has 2 aromatic rings. The Morgan fingerprint density at radius 3 is 2.56 bits per heavy atom. The summed E-state index contributed by atoms with van der Waals surface area (Å²) in [5.41, 5.74) is 6.45. The zero-order valence-electron chi connectivity index (χ0n) is 10.1. The van der Waals surface area contributed by atoms with Crippen molar-refractivity contribution < 1.29 is 4.39 Å². The largest absolute Gasteiger partial charge is 0.330 e. The van der Waals surface area contributed by atoms with E-state index in [2.05, 4.69) is 10.2 Å². The van der Waals surface area contributed by atoms with Crippen LogP contribution in [0.2, 0.25) is 0 Å². The van der Waals surface area contributed by atoms with Gasteiger partial charge in [0.25, 0.3) is 0 Å². The molecule has 6 heteroatoms. The summed E-state index contributed by atoms with van der Waals surface area (Å²) in [5.74, 6) is -0.244. The first-order valence-electron chi connectivity index (χ1n) is 5.74. The number of rotatable bonds is 5. The van der Waals surface area contributed by atoms with Crippen LogP contribution in [0.1, 0.15) is 11.4 Å². The van der Waals surface area contributed by atoms with Gasteiger partial charge in [-0.05, 0) is 44.2 Å². The van der Waals surface area contributed by atoms with Gasteiger partial charge < -0.3 is 10.6 Å². The van der Waals surface area contributed by atoms with E-state index < -0.39 is 0 Å². The molecule has 0 amide bonds. The Bertz CT molecular complexity index is 497. The normalized spacial score (nSPS) is 10.6. The molecule has 0 saturated carbocycles. The maximum Gasteiger partial charge on any atom is 0.212 e. The highest BCUT2D eigenvalue weighted by Crippen LogP contribution is 2.28. The second-order valence-electron chi connectivity index (χ2n) is 3.87. The summed E-state index contributed by atoms with van der Waals surface area (Å²) in [6, 6.07) is 6.36. The van der Waals surface area contributed by atoms with Gasteiger partial charge in [0.2, 0.25) is 5.13 Å². The Morgan fingerprint density at radius 1 is 1.28 bits per heavy atom. The number of hydrogen-bond donors (Lipinski definition) is 1. The first-order chi connectivity index (χ1) is 8.70. The van der Waals surface area contributed by atoms with Crippen molar-refractivity contribution in [2.24, 2.45) is 5.73 Å². The Labute approximate surface area is 109 Å². The zero-order chi connectivity index (χ0) is 13.0. The van der Waals surface area contributed by atoms with Crippen molar-refractivity contribution in [3.8, 4) is 0 Å². The second kappa shape index (κ2) is 5.88. The molecular formula is C12H15FN4S. The van der Waals surface area contributed by atoms with Gasteiger partial charge in [-0.25, -0.2) is 4.39 Å². The van der Waals surface area contributed by atoms with E-state index in [9.17, 15) is 4.39 Å². The molecule has 1 heterocycles. The molecule has 2 N–H and O–H groups in total. The molecule has 0 atom stereocenters. The second-order valence-corrected chi connectivity index (χ2v) is 5.03. The molecule has 0 aliphatic rings. The van der Waals surface area contributed by atoms with Crippen LogP contribution in [-0.2, 0) is 0 Å². The number of aryl methyl sites for hydroxylation is 1. The van der Waals surface area contributed by atoms with E-state index in [1.165, 1.54) is 23.5 Å². The predicted molar refractivity (Wildman–Crippen MR) is 71.7 cm³/mol. The van der Waals surface area contributed by atoms with E-state index >= 15 is 0 Å². The van der Waals surface area contributed by atoms with Crippen LogP contribution in [0.3, 0.4) is 0 Å². The minimum Gasteiger partial charge on any atom is -0.330 e. The molecule has 1 aromatic carbocycles. The predicted octanol–water partition coefficient (Wildman–Crippen LogP) is 2.47. The van der Waals surface area contributed by atoms with Gasteiger partial charge in [0.15, 0.2) is 0 Å². The summed E-state index contributed by atoms with van der Waals surface area (Å²) in [6.45, 7) is 3.26. The van der Waals surface area contributed by atoms with Crippen LogP contribution < -0.4 is 10.6 Å². The van der Waals surface area contributed by atoms with Crippen molar-refractivity contribution in [2.75, 3.05) is 18.0 Å². The van der Waals surface area contributed by atoms with Gasteiger partial charge in [-0.3, -0.25) is 0 Å². The number of hydrogen-bond acceptors (Lipinski definition) is 5. The molecule has 2 rings (SSSR count). The third kappa shape index (κ3) is 3.02. The molecular weight excluding hydrogens is 251 g/mol. The van der Waals surface area contributed by atoms with Crippen LogP contribution in [0.15, 0.2) is 24.3 Å². The number of benzene rings is 1. The van der Waals surface area contributed by atoms with Crippen molar-refractivity contribution >= 4 is 22.2 Å². The minimum atomic E-state index is -0.244. The van der Waals surface area contributed by atoms with E-state index in [4.69, 9.17) is 5.73 Å². The van der Waals surface area contributed by atoms with Crippen molar-refractivity contribution in [1.82, 2.24) is 10.2 Å². The molecule has 0 aliphatic carbocycles. The number of nitrogens with zero attached hydrogens (tertiary/aromatic N) is 3. The lowest BCUT2D eigenvalue weighted by atomic mass is 10.2. The molecule has 0 unspecified atom stereocenters. The van der Waals surface area contributed by atoms with Crippen molar-refractivity contribution in [3.05, 3.63) is 35.1 Å². The van der Waals surface area contributed by atoms with Crippen LogP contribution >= 0.6 is 11.3 Å². The van der Waals surface area contributed by atoms with E-state index in [0.717, 1.165) is 28.8 Å². The van der Waals surface area contributed by atoms with Crippen LogP contribution in [0, 0.1) is 12.7 Å². The molecule has 0 bridgehead atoms. The van der Waals surface area contributed by atoms with Crippen LogP contribution in [-0.4, -0.2) is 23.3 Å². The average Bonchev–Trinajstić information content (AvgIpc) is 2.78. The minimum absolute atomic E-state index is 0.244. The highest BCUT2D eigenvalue weighted by molar-refractivity contribution is 7.15. The lowest BCUT2D eigenvalue weighted by molar-refractivity contribution is 0.627. The average molecular weight is 266 g/mol. The topological polar surface area (TPSA) is 55.0 Å². The van der Waals surface area contributed by atoms with E-state index in [-0.39, 0.29) is 5.82 Å². The summed E-state index contributed by atoms with van der Waals surface area (Å²) in [4.78, 5) is 2.01. The van der Waals surface area contributed by atoms with Crippen LogP contribution in [0.4, 0.5) is 15.2 Å². The smallest absolute Gasteiger partial charge is 0.212 e. The Balaban J connectivity index is 2.27. The quantitative estimate of drug-likeness (QED) is 0.903. The Morgan fingerprint density at radius 2 is 2.00 bits per heavy atom. The molecule has 96 valence electrons. The van der Waals surface area contributed by atoms with Gasteiger partial charge in [0, 0.05) is 12.2 Å². The standard InChI is InChI=1S/C12H15FN4S/c1-9-15-16-12(18-9)17(8-2-7-14)11-5-3-10(13)4-6-11/h3-6H,2,7-8,14H2,1H3. The first-order valence-corrected chi connectivity index (χ1v) is 6.55. The van der Waals surface area contributed by atoms with Crippen LogP contribution in [0.5, 0.6) is 0 Å². The number of halogens is 1. The maximum absolute atomic E-state index is 12.9. The van der Waals surface area contributed by atoms with Crippen LogP contribution in [0.25, 0.3) is 0 Å². The van der Waals surface area contributed by atoms with E-state index in [1.54, 1.807) is 12.1 Å². The molecule has 18 heavy (non-hydrogen) atoms. The summed E-state index contributed by atoms with van der Waals surface area (Å²) in [5, 5.41) is 9.86. The maximum atomic E-state index is 12.9. The fraction of sp³-hybridized carbons (Fsp3) is 0.333. The summed E-state index contributed by atoms with van der Waals surface area (Å²) >= 11 is 1.51. The molecule has 0 aliphatic heterocycles. The van der Waals surface area contributed by atoms with Crippen molar-refractivity contribution in [3.63, 3.8) is 0 Å². The highest BCUT2D eigenvalue weighted by Gasteiger charge is 2.13. The zero-order valence-corrected chi connectivity index (χ0v) is 11.0. The van der Waals surface area contributed by atoms with Crippen molar-refractivity contribution in [2.45, 2.75) is 13.3 Å². The summed E-state index contributed by atoms with van der Waals surface area (Å²) < 4.78 is 12.9. The molecule has 0 fully saturated rings. The fourth-order valence-corrected chi connectivity index (χ4v) is 2.34. The fourth-order valence-electron chi connectivity index (χ4n) is 1.60. The number of aromatic nitrogens is 2. The SMILES string of the molecule is Cc1nnc(N(CCCN)c2ccc(F)cc2)s1. The lowest BCUT2D eigenvalue weighted by Crippen LogP contribution is -2.20. The third-order valence-electron chi connectivity index (χ3n) is 2.47. The molecule has 0 radical (unpaired) electrons. The van der Waals surface area contributed by atoms with Gasteiger partial charge in [0.05, 0.1) is 0 Å². The molecule has 0 saturated heterocycles. The lowest BCUT2D eigenvalue weighted by Gasteiger charge is -2.21. The van der Waals surface area contributed by atoms with Gasteiger partial charge in [-0.15, -0.1) is 10.2 Å². The number of anilines is 2. The van der Waals surface area contributed by atoms with Gasteiger partial charge in [0.1, 0.15) is 10.8 Å². The molecule has 1 aromatic heterocycles. The van der Waals surface area contributed by atoms with Gasteiger partial charge in [-0.1, -0.05) is 11.3 Å². The third-order valence-corrected chi connectivity index (χ3v) is 3.33. The van der Waals surface area contributed by atoms with E-state index in [0.29, 0.717) is 6.54 Å². The van der Waals surface area contributed by atoms with E-state index in [1.807, 2.05) is 11.8 Å². The number of nitrogens with two attached hydrogens (primary N) is 1.